The van der Waals surface area contributed by atoms with Crippen molar-refractivity contribution >= 4 is 5.57 Å². The van der Waals surface area contributed by atoms with Crippen molar-refractivity contribution in [1.29, 1.82) is 0 Å². The van der Waals surface area contributed by atoms with Gasteiger partial charge in [-0.05, 0) is 41.0 Å². The molecule has 1 aromatic rings. The summed E-state index contributed by atoms with van der Waals surface area (Å²) in [6.45, 7) is 6.06. The SMILES string of the molecule is CC(C)C1Cc2ccc3c(c2/C1=C/CN)CCO3. The number of hydrogen-bond donors (Lipinski definition) is 1. The first-order valence-electron chi connectivity index (χ1n) is 6.90. The maximum Gasteiger partial charge on any atom is 0.123 e. The van der Waals surface area contributed by atoms with Gasteiger partial charge in [0.05, 0.1) is 6.61 Å². The standard InChI is InChI=1S/C16H21NO/c1-10(2)14-9-11-3-4-15-13(6-8-18-15)16(11)12(14)5-7-17/h3-5,10,14H,6-9,17H2,1-2H3/b12-5+. The summed E-state index contributed by atoms with van der Waals surface area (Å²) in [5, 5.41) is 0. The number of hydrogen-bond acceptors (Lipinski definition) is 2. The second-order valence-electron chi connectivity index (χ2n) is 5.62. The molecule has 2 aliphatic rings. The van der Waals surface area contributed by atoms with Gasteiger partial charge in [-0.3, -0.25) is 0 Å². The number of nitrogens with two attached hydrogens (primary N) is 1. The Morgan fingerprint density at radius 1 is 1.44 bits per heavy atom. The lowest BCUT2D eigenvalue weighted by Crippen LogP contribution is -2.09. The highest BCUT2D eigenvalue weighted by atomic mass is 16.5. The van der Waals surface area contributed by atoms with Crippen molar-refractivity contribution in [1.82, 2.24) is 0 Å². The van der Waals surface area contributed by atoms with Gasteiger partial charge in [-0.15, -0.1) is 0 Å². The molecule has 0 fully saturated rings. The minimum atomic E-state index is 0.621. The predicted octanol–water partition coefficient (Wildman–Crippen LogP) is 2.79. The first-order valence-corrected chi connectivity index (χ1v) is 6.90. The molecule has 0 aromatic heterocycles. The summed E-state index contributed by atoms with van der Waals surface area (Å²) in [5.41, 5.74) is 11.6. The monoisotopic (exact) mass is 243 g/mol. The van der Waals surface area contributed by atoms with Gasteiger partial charge in [0.1, 0.15) is 5.75 Å². The number of ether oxygens (including phenoxy) is 1. The van der Waals surface area contributed by atoms with Crippen LogP contribution in [0, 0.1) is 11.8 Å². The molecular weight excluding hydrogens is 222 g/mol. The summed E-state index contributed by atoms with van der Waals surface area (Å²) in [4.78, 5) is 0. The Morgan fingerprint density at radius 2 is 2.28 bits per heavy atom. The van der Waals surface area contributed by atoms with E-state index in [0.717, 1.165) is 25.2 Å². The minimum Gasteiger partial charge on any atom is -0.493 e. The fourth-order valence-electron chi connectivity index (χ4n) is 3.36. The Hall–Kier alpha value is -1.28. The number of rotatable bonds is 2. The molecular formula is C16H21NO. The molecule has 2 N–H and O–H groups in total. The number of allylic oxidation sites excluding steroid dienone is 1. The molecule has 1 unspecified atom stereocenters. The van der Waals surface area contributed by atoms with E-state index in [1.807, 2.05) is 0 Å². The van der Waals surface area contributed by atoms with E-state index in [1.165, 1.54) is 22.3 Å². The summed E-state index contributed by atoms with van der Waals surface area (Å²) in [6, 6.07) is 4.39. The van der Waals surface area contributed by atoms with Crippen LogP contribution < -0.4 is 10.5 Å². The maximum absolute atomic E-state index is 5.77. The summed E-state index contributed by atoms with van der Waals surface area (Å²) in [5.74, 6) is 2.37. The Bertz CT molecular complexity index is 502. The van der Waals surface area contributed by atoms with Gasteiger partial charge in [-0.25, -0.2) is 0 Å². The van der Waals surface area contributed by atoms with Crippen molar-refractivity contribution in [3.8, 4) is 5.75 Å². The fraction of sp³-hybridized carbons (Fsp3) is 0.500. The van der Waals surface area contributed by atoms with Crippen LogP contribution in [0.15, 0.2) is 18.2 Å². The van der Waals surface area contributed by atoms with E-state index in [4.69, 9.17) is 10.5 Å². The van der Waals surface area contributed by atoms with Crippen molar-refractivity contribution in [2.24, 2.45) is 17.6 Å². The van der Waals surface area contributed by atoms with Gasteiger partial charge in [-0.2, -0.15) is 0 Å². The number of fused-ring (bicyclic) bond motifs is 3. The first kappa shape index (κ1) is 11.8. The van der Waals surface area contributed by atoms with Crippen molar-refractivity contribution in [3.63, 3.8) is 0 Å². The molecule has 1 atom stereocenters. The average molecular weight is 243 g/mol. The molecule has 0 radical (unpaired) electrons. The highest BCUT2D eigenvalue weighted by Crippen LogP contribution is 2.46. The Labute approximate surface area is 109 Å². The lowest BCUT2D eigenvalue weighted by molar-refractivity contribution is 0.357. The van der Waals surface area contributed by atoms with Gasteiger partial charge in [0.15, 0.2) is 0 Å². The van der Waals surface area contributed by atoms with Crippen LogP contribution >= 0.6 is 0 Å². The van der Waals surface area contributed by atoms with E-state index in [-0.39, 0.29) is 0 Å². The van der Waals surface area contributed by atoms with E-state index in [2.05, 4.69) is 32.1 Å². The first-order chi connectivity index (χ1) is 8.72. The summed E-state index contributed by atoms with van der Waals surface area (Å²) >= 11 is 0. The summed E-state index contributed by atoms with van der Waals surface area (Å²) in [6.07, 6.45) is 4.42. The molecule has 1 aliphatic carbocycles. The summed E-state index contributed by atoms with van der Waals surface area (Å²) < 4.78 is 5.69. The zero-order chi connectivity index (χ0) is 12.7. The molecule has 96 valence electrons. The van der Waals surface area contributed by atoms with Gasteiger partial charge in [0, 0.05) is 18.5 Å². The Morgan fingerprint density at radius 3 is 3.00 bits per heavy atom. The zero-order valence-corrected chi connectivity index (χ0v) is 11.2. The van der Waals surface area contributed by atoms with Crippen LogP contribution in [0.1, 0.15) is 30.5 Å². The summed E-state index contributed by atoms with van der Waals surface area (Å²) in [7, 11) is 0. The molecule has 0 spiro atoms. The minimum absolute atomic E-state index is 0.621. The van der Waals surface area contributed by atoms with Crippen LogP contribution in [-0.4, -0.2) is 13.2 Å². The van der Waals surface area contributed by atoms with Crippen LogP contribution in [0.25, 0.3) is 5.57 Å². The molecule has 0 amide bonds. The molecule has 1 aliphatic heterocycles. The van der Waals surface area contributed by atoms with Gasteiger partial charge < -0.3 is 10.5 Å². The van der Waals surface area contributed by atoms with Crippen molar-refractivity contribution in [2.45, 2.75) is 26.7 Å². The predicted molar refractivity (Wildman–Crippen MR) is 74.7 cm³/mol. The number of benzene rings is 1. The van der Waals surface area contributed by atoms with Gasteiger partial charge >= 0.3 is 0 Å². The van der Waals surface area contributed by atoms with Gasteiger partial charge in [0.2, 0.25) is 0 Å². The highest BCUT2D eigenvalue weighted by Gasteiger charge is 2.33. The van der Waals surface area contributed by atoms with E-state index in [1.54, 1.807) is 0 Å². The molecule has 1 heterocycles. The molecule has 0 bridgehead atoms. The van der Waals surface area contributed by atoms with Crippen molar-refractivity contribution in [3.05, 3.63) is 34.9 Å². The van der Waals surface area contributed by atoms with Gasteiger partial charge in [0.25, 0.3) is 0 Å². The lowest BCUT2D eigenvalue weighted by Gasteiger charge is -2.17. The van der Waals surface area contributed by atoms with Crippen molar-refractivity contribution < 1.29 is 4.74 Å². The Balaban J connectivity index is 2.14. The topological polar surface area (TPSA) is 35.2 Å². The van der Waals surface area contributed by atoms with Crippen LogP contribution in [0.3, 0.4) is 0 Å². The zero-order valence-electron chi connectivity index (χ0n) is 11.2. The molecule has 18 heavy (non-hydrogen) atoms. The third-order valence-corrected chi connectivity index (χ3v) is 4.24. The molecule has 0 saturated heterocycles. The highest BCUT2D eigenvalue weighted by molar-refractivity contribution is 5.79. The third kappa shape index (κ3) is 1.67. The average Bonchev–Trinajstić information content (AvgIpc) is 2.92. The van der Waals surface area contributed by atoms with E-state index in [0.29, 0.717) is 18.4 Å². The van der Waals surface area contributed by atoms with Crippen LogP contribution in [0.5, 0.6) is 5.75 Å². The molecule has 2 nitrogen and oxygen atoms in total. The van der Waals surface area contributed by atoms with Crippen LogP contribution in [0.4, 0.5) is 0 Å². The van der Waals surface area contributed by atoms with E-state index in [9.17, 15) is 0 Å². The van der Waals surface area contributed by atoms with Gasteiger partial charge in [-0.1, -0.05) is 26.0 Å². The molecule has 1 aromatic carbocycles. The molecule has 0 saturated carbocycles. The largest absolute Gasteiger partial charge is 0.493 e. The third-order valence-electron chi connectivity index (χ3n) is 4.24. The van der Waals surface area contributed by atoms with E-state index < -0.39 is 0 Å². The maximum atomic E-state index is 5.77. The smallest absolute Gasteiger partial charge is 0.123 e. The fourth-order valence-corrected chi connectivity index (χ4v) is 3.36. The normalized spacial score (nSPS) is 23.3. The van der Waals surface area contributed by atoms with E-state index >= 15 is 0 Å². The second kappa shape index (κ2) is 4.43. The van der Waals surface area contributed by atoms with Crippen LogP contribution in [0.2, 0.25) is 0 Å². The van der Waals surface area contributed by atoms with Crippen LogP contribution in [-0.2, 0) is 12.8 Å². The Kier molecular flexibility index (Phi) is 2.90. The quantitative estimate of drug-likeness (QED) is 0.867. The lowest BCUT2D eigenvalue weighted by atomic mass is 9.87. The molecule has 3 rings (SSSR count). The van der Waals surface area contributed by atoms with Crippen molar-refractivity contribution in [2.75, 3.05) is 13.2 Å². The second-order valence-corrected chi connectivity index (χ2v) is 5.62. The molecule has 2 heteroatoms.